The van der Waals surface area contributed by atoms with Crippen molar-refractivity contribution in [3.05, 3.63) is 69.8 Å². The quantitative estimate of drug-likeness (QED) is 0.438. The molecule has 0 atom stereocenters. The molecule has 1 aliphatic carbocycles. The molecule has 0 N–H and O–H groups in total. The van der Waals surface area contributed by atoms with Crippen molar-refractivity contribution in [3.8, 4) is 23.0 Å². The Balaban J connectivity index is 1.78. The van der Waals surface area contributed by atoms with E-state index in [4.69, 9.17) is 4.74 Å². The van der Waals surface area contributed by atoms with Crippen LogP contribution in [-0.2, 0) is 22.1 Å². The Morgan fingerprint density at radius 1 is 1.14 bits per heavy atom. The van der Waals surface area contributed by atoms with Crippen molar-refractivity contribution in [1.29, 1.82) is 0 Å². The zero-order chi connectivity index (χ0) is 25.3. The topological polar surface area (TPSA) is 91.2 Å². The van der Waals surface area contributed by atoms with E-state index < -0.39 is 26.7 Å². The Labute approximate surface area is 202 Å². The summed E-state index contributed by atoms with van der Waals surface area (Å²) in [6.45, 7) is 5.45. The maximum atomic E-state index is 14.2. The van der Waals surface area contributed by atoms with Crippen LogP contribution in [0, 0.1) is 24.5 Å². The SMILES string of the molecule is Cc1cc(-c2cc(CS(=O)(=O)C(C)C)nc(Oc3ccc(F)cc3F)n2)cn(CC2CCC2)c1=O. The van der Waals surface area contributed by atoms with Gasteiger partial charge in [0.15, 0.2) is 21.4 Å². The predicted octanol–water partition coefficient (Wildman–Crippen LogP) is 4.81. The van der Waals surface area contributed by atoms with E-state index in [1.807, 2.05) is 0 Å². The number of aryl methyl sites for hydroxylation is 1. The summed E-state index contributed by atoms with van der Waals surface area (Å²) < 4.78 is 59.8. The normalized spacial score (nSPS) is 14.2. The maximum absolute atomic E-state index is 14.2. The van der Waals surface area contributed by atoms with E-state index in [-0.39, 0.29) is 28.8 Å². The summed E-state index contributed by atoms with van der Waals surface area (Å²) in [5.41, 5.74) is 1.50. The molecule has 0 amide bonds. The van der Waals surface area contributed by atoms with Crippen LogP contribution in [0.5, 0.6) is 11.8 Å². The fraction of sp³-hybridized carbons (Fsp3) is 0.400. The lowest BCUT2D eigenvalue weighted by molar-refractivity contribution is 0.273. The van der Waals surface area contributed by atoms with Gasteiger partial charge < -0.3 is 9.30 Å². The van der Waals surface area contributed by atoms with Crippen molar-refractivity contribution in [1.82, 2.24) is 14.5 Å². The highest BCUT2D eigenvalue weighted by atomic mass is 32.2. The van der Waals surface area contributed by atoms with Gasteiger partial charge in [0.05, 0.1) is 22.4 Å². The monoisotopic (exact) mass is 503 g/mol. The molecule has 1 fully saturated rings. The first-order valence-corrected chi connectivity index (χ1v) is 13.2. The van der Waals surface area contributed by atoms with Crippen LogP contribution in [0.2, 0.25) is 0 Å². The Morgan fingerprint density at radius 2 is 1.89 bits per heavy atom. The summed E-state index contributed by atoms with van der Waals surface area (Å²) >= 11 is 0. The molecular weight excluding hydrogens is 476 g/mol. The molecular formula is C25H27F2N3O4S. The first-order chi connectivity index (χ1) is 16.5. The van der Waals surface area contributed by atoms with Crippen molar-refractivity contribution in [2.45, 2.75) is 57.6 Å². The molecule has 186 valence electrons. The smallest absolute Gasteiger partial charge is 0.322 e. The first-order valence-electron chi connectivity index (χ1n) is 11.5. The van der Waals surface area contributed by atoms with Gasteiger partial charge in [-0.2, -0.15) is 9.97 Å². The molecule has 1 aliphatic rings. The van der Waals surface area contributed by atoms with Gasteiger partial charge in [0.2, 0.25) is 0 Å². The highest BCUT2D eigenvalue weighted by molar-refractivity contribution is 7.91. The molecule has 10 heteroatoms. The molecule has 0 bridgehead atoms. The number of pyridine rings is 1. The molecule has 7 nitrogen and oxygen atoms in total. The molecule has 0 spiro atoms. The fourth-order valence-electron chi connectivity index (χ4n) is 3.78. The zero-order valence-corrected chi connectivity index (χ0v) is 20.6. The lowest BCUT2D eigenvalue weighted by Gasteiger charge is -2.26. The van der Waals surface area contributed by atoms with Crippen LogP contribution in [0.25, 0.3) is 11.3 Å². The fourth-order valence-corrected chi connectivity index (χ4v) is 4.68. The third-order valence-electron chi connectivity index (χ3n) is 6.16. The van der Waals surface area contributed by atoms with Gasteiger partial charge >= 0.3 is 6.01 Å². The van der Waals surface area contributed by atoms with Crippen molar-refractivity contribution < 1.29 is 21.9 Å². The summed E-state index contributed by atoms with van der Waals surface area (Å²) in [6.07, 6.45) is 4.99. The average Bonchev–Trinajstić information content (AvgIpc) is 2.74. The van der Waals surface area contributed by atoms with E-state index in [2.05, 4.69) is 9.97 Å². The van der Waals surface area contributed by atoms with E-state index >= 15 is 0 Å². The van der Waals surface area contributed by atoms with Crippen molar-refractivity contribution in [2.24, 2.45) is 5.92 Å². The highest BCUT2D eigenvalue weighted by Gasteiger charge is 2.22. The number of rotatable bonds is 8. The van der Waals surface area contributed by atoms with Crippen LogP contribution in [0.1, 0.15) is 44.4 Å². The number of halogens is 2. The molecule has 2 aromatic heterocycles. The maximum Gasteiger partial charge on any atom is 0.322 e. The van der Waals surface area contributed by atoms with Crippen molar-refractivity contribution in [3.63, 3.8) is 0 Å². The van der Waals surface area contributed by atoms with Crippen LogP contribution in [-0.4, -0.2) is 28.2 Å². The number of sulfone groups is 1. The van der Waals surface area contributed by atoms with E-state index in [0.717, 1.165) is 31.4 Å². The minimum absolute atomic E-state index is 0.0952. The van der Waals surface area contributed by atoms with E-state index in [9.17, 15) is 22.0 Å². The molecule has 0 saturated heterocycles. The highest BCUT2D eigenvalue weighted by Crippen LogP contribution is 2.29. The number of benzene rings is 1. The standard InChI is InChI=1S/C25H27F2N3O4S/c1-15(2)35(32,33)14-20-11-22(29-25(28-20)34-23-8-7-19(26)10-21(23)27)18-9-16(3)24(31)30(13-18)12-17-5-4-6-17/h7-11,13,15,17H,4-6,12,14H2,1-3H3. The van der Waals surface area contributed by atoms with Crippen LogP contribution in [0.15, 0.2) is 41.3 Å². The molecule has 0 aliphatic heterocycles. The van der Waals surface area contributed by atoms with Gasteiger partial charge in [0, 0.05) is 29.9 Å². The average molecular weight is 504 g/mol. The van der Waals surface area contributed by atoms with E-state index in [1.165, 1.54) is 6.07 Å². The summed E-state index contributed by atoms with van der Waals surface area (Å²) in [6, 6.07) is 5.73. The molecule has 4 rings (SSSR count). The van der Waals surface area contributed by atoms with E-state index in [0.29, 0.717) is 35.3 Å². The minimum atomic E-state index is -3.51. The Kier molecular flexibility index (Phi) is 7.02. The third-order valence-corrected chi connectivity index (χ3v) is 8.30. The van der Waals surface area contributed by atoms with Gasteiger partial charge in [0.25, 0.3) is 5.56 Å². The number of hydrogen-bond donors (Lipinski definition) is 0. The molecule has 1 saturated carbocycles. The van der Waals surface area contributed by atoms with Gasteiger partial charge in [-0.3, -0.25) is 4.79 Å². The van der Waals surface area contributed by atoms with Crippen LogP contribution in [0.3, 0.4) is 0 Å². The largest absolute Gasteiger partial charge is 0.421 e. The minimum Gasteiger partial charge on any atom is -0.421 e. The molecule has 0 radical (unpaired) electrons. The summed E-state index contributed by atoms with van der Waals surface area (Å²) in [5, 5.41) is -0.633. The number of aromatic nitrogens is 3. The van der Waals surface area contributed by atoms with Gasteiger partial charge in [-0.05, 0) is 63.8 Å². The lowest BCUT2D eigenvalue weighted by atomic mass is 9.85. The summed E-state index contributed by atoms with van der Waals surface area (Å²) in [7, 11) is -3.51. The second-order valence-corrected chi connectivity index (χ2v) is 11.8. The second-order valence-electron chi connectivity index (χ2n) is 9.23. The van der Waals surface area contributed by atoms with E-state index in [1.54, 1.807) is 37.6 Å². The Bertz CT molecular complexity index is 1420. The van der Waals surface area contributed by atoms with Gasteiger partial charge in [-0.1, -0.05) is 6.42 Å². The summed E-state index contributed by atoms with van der Waals surface area (Å²) in [4.78, 5) is 21.2. The summed E-state index contributed by atoms with van der Waals surface area (Å²) in [5.74, 6) is -1.94. The Morgan fingerprint density at radius 3 is 2.51 bits per heavy atom. The molecule has 1 aromatic carbocycles. The van der Waals surface area contributed by atoms with Gasteiger partial charge in [-0.25, -0.2) is 17.2 Å². The van der Waals surface area contributed by atoms with Crippen molar-refractivity contribution >= 4 is 9.84 Å². The van der Waals surface area contributed by atoms with Crippen LogP contribution in [0.4, 0.5) is 8.78 Å². The number of ether oxygens (including phenoxy) is 1. The van der Waals surface area contributed by atoms with Gasteiger partial charge in [-0.15, -0.1) is 0 Å². The second kappa shape index (κ2) is 9.85. The van der Waals surface area contributed by atoms with Crippen LogP contribution >= 0.6 is 0 Å². The van der Waals surface area contributed by atoms with Crippen LogP contribution < -0.4 is 10.3 Å². The van der Waals surface area contributed by atoms with Crippen molar-refractivity contribution in [2.75, 3.05) is 0 Å². The van der Waals surface area contributed by atoms with Gasteiger partial charge in [0.1, 0.15) is 5.82 Å². The molecule has 2 heterocycles. The number of hydrogen-bond acceptors (Lipinski definition) is 6. The zero-order valence-electron chi connectivity index (χ0n) is 19.8. The predicted molar refractivity (Wildman–Crippen MR) is 128 cm³/mol. The lowest BCUT2D eigenvalue weighted by Crippen LogP contribution is -2.28. The molecule has 3 aromatic rings. The Hall–Kier alpha value is -3.14. The third kappa shape index (κ3) is 5.75. The first kappa shape index (κ1) is 25.0. The molecule has 0 unspecified atom stereocenters. The number of nitrogens with zero attached hydrogens (tertiary/aromatic N) is 3. The molecule has 35 heavy (non-hydrogen) atoms.